The van der Waals surface area contributed by atoms with Crippen LogP contribution in [-0.2, 0) is 5.75 Å². The lowest BCUT2D eigenvalue weighted by molar-refractivity contribution is 0.409. The zero-order valence-electron chi connectivity index (χ0n) is 11.7. The van der Waals surface area contributed by atoms with Crippen LogP contribution in [0.1, 0.15) is 12.1 Å². The number of thioether (sulfide) groups is 1. The summed E-state index contributed by atoms with van der Waals surface area (Å²) >= 11 is 1.79. The fraction of sp³-hybridized carbons (Fsp3) is 0.462. The highest BCUT2D eigenvalue weighted by Gasteiger charge is 2.02. The normalized spacial score (nSPS) is 10.8. The number of hydrogen-bond donors (Lipinski definition) is 2. The Kier molecular flexibility index (Phi) is 7.99. The smallest absolute Gasteiger partial charge is 0.204 e. The van der Waals surface area contributed by atoms with Crippen molar-refractivity contribution in [2.45, 2.75) is 12.2 Å². The highest BCUT2D eigenvalue weighted by Crippen LogP contribution is 2.20. The number of nitrogens with zero attached hydrogens (tertiary/aromatic N) is 3. The molecular weight excluding hydrogens is 274 g/mol. The molecule has 0 amide bonds. The molecule has 1 aromatic rings. The predicted molar refractivity (Wildman–Crippen MR) is 81.7 cm³/mol. The van der Waals surface area contributed by atoms with Crippen LogP contribution in [0.4, 0.5) is 0 Å². The van der Waals surface area contributed by atoms with Crippen LogP contribution in [0.15, 0.2) is 23.3 Å². The molecule has 0 radical (unpaired) electrons. The lowest BCUT2D eigenvalue weighted by Gasteiger charge is -2.06. The Hall–Kier alpha value is -1.94. The Labute approximate surface area is 123 Å². The van der Waals surface area contributed by atoms with E-state index in [4.69, 9.17) is 10.00 Å². The van der Waals surface area contributed by atoms with E-state index in [0.29, 0.717) is 12.5 Å². The van der Waals surface area contributed by atoms with Crippen LogP contribution in [0.3, 0.4) is 0 Å². The first-order chi connectivity index (χ1) is 9.81. The van der Waals surface area contributed by atoms with Crippen LogP contribution in [0.5, 0.6) is 5.75 Å². The molecule has 2 N–H and O–H groups in total. The number of ether oxygens (including phenoxy) is 1. The molecule has 7 heteroatoms. The number of methoxy groups -OCH3 is 1. The van der Waals surface area contributed by atoms with Crippen molar-refractivity contribution in [1.29, 1.82) is 5.26 Å². The molecule has 6 nitrogen and oxygen atoms in total. The van der Waals surface area contributed by atoms with Crippen molar-refractivity contribution in [1.82, 2.24) is 15.6 Å². The second-order valence-electron chi connectivity index (χ2n) is 3.78. The Bertz CT molecular complexity index is 472. The van der Waals surface area contributed by atoms with Gasteiger partial charge in [-0.3, -0.25) is 15.3 Å². The first-order valence-electron chi connectivity index (χ1n) is 6.24. The number of aromatic nitrogens is 1. The lowest BCUT2D eigenvalue weighted by atomic mass is 10.3. The predicted octanol–water partition coefficient (Wildman–Crippen LogP) is 1.36. The maximum atomic E-state index is 8.48. The van der Waals surface area contributed by atoms with Gasteiger partial charge in [0.1, 0.15) is 5.75 Å². The molecule has 20 heavy (non-hydrogen) atoms. The molecule has 0 aromatic carbocycles. The quantitative estimate of drug-likeness (QED) is 0.260. The van der Waals surface area contributed by atoms with E-state index < -0.39 is 0 Å². The van der Waals surface area contributed by atoms with Crippen molar-refractivity contribution >= 4 is 17.7 Å². The average Bonchev–Trinajstić information content (AvgIpc) is 2.49. The topological polar surface area (TPSA) is 82.3 Å². The van der Waals surface area contributed by atoms with Crippen LogP contribution in [0, 0.1) is 11.5 Å². The maximum Gasteiger partial charge on any atom is 0.204 e. The number of nitriles is 1. The second-order valence-corrected chi connectivity index (χ2v) is 4.88. The summed E-state index contributed by atoms with van der Waals surface area (Å²) in [6.45, 7) is 0.678. The molecular formula is C13H19N5OS. The second kappa shape index (κ2) is 9.92. The molecule has 0 atom stereocenters. The number of hydrogen-bond acceptors (Lipinski definition) is 5. The van der Waals surface area contributed by atoms with E-state index in [1.165, 1.54) is 0 Å². The van der Waals surface area contributed by atoms with Crippen molar-refractivity contribution in [3.8, 4) is 11.9 Å². The van der Waals surface area contributed by atoms with Crippen molar-refractivity contribution in [3.05, 3.63) is 24.0 Å². The van der Waals surface area contributed by atoms with E-state index in [9.17, 15) is 0 Å². The Morgan fingerprint density at radius 2 is 2.45 bits per heavy atom. The summed E-state index contributed by atoms with van der Waals surface area (Å²) in [5, 5.41) is 13.8. The summed E-state index contributed by atoms with van der Waals surface area (Å²) in [7, 11) is 3.38. The van der Waals surface area contributed by atoms with Crippen molar-refractivity contribution in [3.63, 3.8) is 0 Å². The van der Waals surface area contributed by atoms with E-state index in [1.54, 1.807) is 32.1 Å². The van der Waals surface area contributed by atoms with E-state index >= 15 is 0 Å². The maximum absolute atomic E-state index is 8.48. The lowest BCUT2D eigenvalue weighted by Crippen LogP contribution is -2.31. The standard InChI is InChI=1S/C13H19N5OS/c1-15-13(18-10-14)17-7-4-8-20-9-11-12(19-2)5-3-6-16-11/h3,5-6H,4,7-9H2,1-2H3,(H2,15,17,18). The summed E-state index contributed by atoms with van der Waals surface area (Å²) < 4.78 is 5.25. The summed E-state index contributed by atoms with van der Waals surface area (Å²) in [4.78, 5) is 8.53. The van der Waals surface area contributed by atoms with Gasteiger partial charge < -0.3 is 10.1 Å². The van der Waals surface area contributed by atoms with Crippen LogP contribution in [-0.4, -0.2) is 37.4 Å². The van der Waals surface area contributed by atoms with Gasteiger partial charge in [0.15, 0.2) is 6.19 Å². The van der Waals surface area contributed by atoms with Crippen LogP contribution in [0.2, 0.25) is 0 Å². The van der Waals surface area contributed by atoms with Gasteiger partial charge in [0, 0.05) is 25.5 Å². The first kappa shape index (κ1) is 16.1. The van der Waals surface area contributed by atoms with Crippen molar-refractivity contribution < 1.29 is 4.74 Å². The third kappa shape index (κ3) is 5.80. The van der Waals surface area contributed by atoms with E-state index in [-0.39, 0.29) is 0 Å². The molecule has 0 fully saturated rings. The van der Waals surface area contributed by atoms with Crippen molar-refractivity contribution in [2.24, 2.45) is 4.99 Å². The van der Waals surface area contributed by atoms with Gasteiger partial charge in [0.05, 0.1) is 12.8 Å². The highest BCUT2D eigenvalue weighted by molar-refractivity contribution is 7.98. The molecule has 0 bridgehead atoms. The molecule has 1 rings (SSSR count). The molecule has 0 aliphatic heterocycles. The Balaban J connectivity index is 2.24. The molecule has 108 valence electrons. The summed E-state index contributed by atoms with van der Waals surface area (Å²) in [6.07, 6.45) is 4.55. The summed E-state index contributed by atoms with van der Waals surface area (Å²) in [6, 6.07) is 3.78. The number of pyridine rings is 1. The van der Waals surface area contributed by atoms with Crippen LogP contribution in [0.25, 0.3) is 0 Å². The third-order valence-corrected chi connectivity index (χ3v) is 3.49. The van der Waals surface area contributed by atoms with Gasteiger partial charge >= 0.3 is 0 Å². The number of guanidine groups is 1. The SMILES string of the molecule is CN/C(=N/CCCSCc1ncccc1OC)NC#N. The molecule has 1 aromatic heterocycles. The van der Waals surface area contributed by atoms with Gasteiger partial charge in [-0.1, -0.05) is 0 Å². The van der Waals surface area contributed by atoms with Crippen molar-refractivity contribution in [2.75, 3.05) is 26.5 Å². The average molecular weight is 293 g/mol. The largest absolute Gasteiger partial charge is 0.495 e. The third-order valence-electron chi connectivity index (χ3n) is 2.43. The molecule has 1 heterocycles. The van der Waals surface area contributed by atoms with Gasteiger partial charge in [-0.2, -0.15) is 17.0 Å². The molecule has 0 spiro atoms. The van der Waals surface area contributed by atoms with Gasteiger partial charge in [-0.05, 0) is 24.3 Å². The minimum atomic E-state index is 0.504. The minimum Gasteiger partial charge on any atom is -0.495 e. The number of rotatable bonds is 7. The van der Waals surface area contributed by atoms with Gasteiger partial charge in [0.2, 0.25) is 5.96 Å². The zero-order valence-corrected chi connectivity index (χ0v) is 12.5. The van der Waals surface area contributed by atoms with Gasteiger partial charge in [0.25, 0.3) is 0 Å². The Morgan fingerprint density at radius 1 is 1.60 bits per heavy atom. The first-order valence-corrected chi connectivity index (χ1v) is 7.40. The monoisotopic (exact) mass is 293 g/mol. The molecule has 0 aliphatic carbocycles. The van der Waals surface area contributed by atoms with Crippen LogP contribution >= 0.6 is 11.8 Å². The van der Waals surface area contributed by atoms with E-state index in [1.807, 2.05) is 18.3 Å². The van der Waals surface area contributed by atoms with E-state index in [2.05, 4.69) is 20.6 Å². The molecule has 0 aliphatic rings. The molecule has 0 saturated heterocycles. The van der Waals surface area contributed by atoms with E-state index in [0.717, 1.165) is 29.4 Å². The van der Waals surface area contributed by atoms with Gasteiger partial charge in [-0.15, -0.1) is 0 Å². The van der Waals surface area contributed by atoms with Crippen LogP contribution < -0.4 is 15.4 Å². The Morgan fingerprint density at radius 3 is 3.15 bits per heavy atom. The zero-order chi connectivity index (χ0) is 14.6. The highest BCUT2D eigenvalue weighted by atomic mass is 32.2. The minimum absolute atomic E-state index is 0.504. The summed E-state index contributed by atoms with van der Waals surface area (Å²) in [5.41, 5.74) is 0.963. The molecule has 0 saturated carbocycles. The molecule has 0 unspecified atom stereocenters. The fourth-order valence-corrected chi connectivity index (χ4v) is 2.37. The fourth-order valence-electron chi connectivity index (χ4n) is 1.48. The number of aliphatic imine (C=N–C) groups is 1. The summed E-state index contributed by atoms with van der Waals surface area (Å²) in [5.74, 6) is 3.13. The van der Waals surface area contributed by atoms with Gasteiger partial charge in [-0.25, -0.2) is 0 Å². The number of nitrogens with one attached hydrogen (secondary N) is 2.